The minimum Gasteiger partial charge on any atom is -0.508 e. The predicted octanol–water partition coefficient (Wildman–Crippen LogP) is 1.95. The van der Waals surface area contributed by atoms with Gasteiger partial charge in [-0.3, -0.25) is 4.79 Å². The molecule has 1 rings (SSSR count). The fourth-order valence-corrected chi connectivity index (χ4v) is 2.10. The van der Waals surface area contributed by atoms with Crippen LogP contribution in [0.15, 0.2) is 24.3 Å². The van der Waals surface area contributed by atoms with Crippen LogP contribution < -0.4 is 0 Å². The smallest absolute Gasteiger partial charge is 0.334 e. The fraction of sp³-hybridized carbons (Fsp3) is 0.429. The van der Waals surface area contributed by atoms with E-state index in [0.717, 1.165) is 0 Å². The van der Waals surface area contributed by atoms with Crippen LogP contribution in [0.1, 0.15) is 32.8 Å². The number of aromatic hydroxyl groups is 1. The van der Waals surface area contributed by atoms with E-state index < -0.39 is 11.5 Å². The Morgan fingerprint density at radius 3 is 2.16 bits per heavy atom. The van der Waals surface area contributed by atoms with Gasteiger partial charge in [0.05, 0.1) is 0 Å². The zero-order valence-electron chi connectivity index (χ0n) is 11.4. The number of benzene rings is 1. The summed E-state index contributed by atoms with van der Waals surface area (Å²) in [7, 11) is 0. The van der Waals surface area contributed by atoms with Gasteiger partial charge in [0.1, 0.15) is 5.75 Å². The third kappa shape index (κ3) is 2.86. The molecule has 2 N–H and O–H groups in total. The third-order valence-corrected chi connectivity index (χ3v) is 3.21. The number of rotatable bonds is 5. The molecule has 0 heterocycles. The molecule has 104 valence electrons. The van der Waals surface area contributed by atoms with Gasteiger partial charge >= 0.3 is 5.97 Å². The number of carbonyl (C=O) groups excluding carboxylic acids is 1. The molecule has 1 unspecified atom stereocenters. The molecule has 0 radical (unpaired) electrons. The molecular formula is C14H19NO4. The van der Waals surface area contributed by atoms with Gasteiger partial charge < -0.3 is 15.1 Å². The van der Waals surface area contributed by atoms with Crippen molar-refractivity contribution in [2.45, 2.75) is 32.7 Å². The molecule has 0 aromatic heterocycles. The molecule has 0 fully saturated rings. The van der Waals surface area contributed by atoms with E-state index in [1.165, 1.54) is 43.0 Å². The SMILES string of the molecule is CCCN(C(C)=O)C(C)(C(=O)O)c1ccc(O)cc1. The second kappa shape index (κ2) is 5.73. The summed E-state index contributed by atoms with van der Waals surface area (Å²) in [6.45, 7) is 5.10. The van der Waals surface area contributed by atoms with Crippen LogP contribution in [0, 0.1) is 0 Å². The van der Waals surface area contributed by atoms with Gasteiger partial charge in [0, 0.05) is 13.5 Å². The summed E-state index contributed by atoms with van der Waals surface area (Å²) in [6, 6.07) is 5.88. The standard InChI is InChI=1S/C14H19NO4/c1-4-9-15(10(2)16)14(3,13(18)19)11-5-7-12(17)8-6-11/h5-8,17H,4,9H2,1-3H3,(H,18,19). The molecule has 1 amide bonds. The molecule has 0 saturated heterocycles. The van der Waals surface area contributed by atoms with Crippen LogP contribution in [0.25, 0.3) is 0 Å². The van der Waals surface area contributed by atoms with Crippen molar-refractivity contribution >= 4 is 11.9 Å². The maximum Gasteiger partial charge on any atom is 0.334 e. The lowest BCUT2D eigenvalue weighted by Gasteiger charge is -2.37. The minimum atomic E-state index is -1.43. The van der Waals surface area contributed by atoms with Crippen LogP contribution >= 0.6 is 0 Å². The Morgan fingerprint density at radius 1 is 1.26 bits per heavy atom. The molecule has 0 saturated carbocycles. The highest BCUT2D eigenvalue weighted by Gasteiger charge is 2.42. The summed E-state index contributed by atoms with van der Waals surface area (Å²) in [5.74, 6) is -1.33. The Kier molecular flexibility index (Phi) is 4.53. The van der Waals surface area contributed by atoms with Gasteiger partial charge in [-0.25, -0.2) is 4.79 Å². The van der Waals surface area contributed by atoms with Crippen molar-refractivity contribution in [2.75, 3.05) is 6.54 Å². The lowest BCUT2D eigenvalue weighted by Crippen LogP contribution is -2.52. The zero-order valence-corrected chi connectivity index (χ0v) is 11.4. The Bertz CT molecular complexity index is 469. The second-order valence-corrected chi connectivity index (χ2v) is 4.59. The van der Waals surface area contributed by atoms with E-state index in [2.05, 4.69) is 0 Å². The van der Waals surface area contributed by atoms with Crippen molar-refractivity contribution in [1.82, 2.24) is 4.90 Å². The molecule has 0 aliphatic carbocycles. The highest BCUT2D eigenvalue weighted by atomic mass is 16.4. The van der Waals surface area contributed by atoms with E-state index in [9.17, 15) is 19.8 Å². The first-order chi connectivity index (χ1) is 8.83. The maximum atomic E-state index is 11.7. The van der Waals surface area contributed by atoms with Crippen LogP contribution in [0.5, 0.6) is 5.75 Å². The summed E-state index contributed by atoms with van der Waals surface area (Å²) in [6.07, 6.45) is 0.667. The Labute approximate surface area is 112 Å². The highest BCUT2D eigenvalue weighted by molar-refractivity contribution is 5.87. The number of carboxylic acid groups (broad SMARTS) is 1. The first-order valence-electron chi connectivity index (χ1n) is 6.15. The fourth-order valence-electron chi connectivity index (χ4n) is 2.10. The predicted molar refractivity (Wildman–Crippen MR) is 70.8 cm³/mol. The summed E-state index contributed by atoms with van der Waals surface area (Å²) < 4.78 is 0. The zero-order chi connectivity index (χ0) is 14.6. The van der Waals surface area contributed by atoms with Crippen LogP contribution in [0.4, 0.5) is 0 Å². The summed E-state index contributed by atoms with van der Waals surface area (Å²) >= 11 is 0. The lowest BCUT2D eigenvalue weighted by atomic mass is 9.89. The van der Waals surface area contributed by atoms with Crippen molar-refractivity contribution in [2.24, 2.45) is 0 Å². The molecule has 0 aliphatic heterocycles. The van der Waals surface area contributed by atoms with Crippen molar-refractivity contribution in [3.05, 3.63) is 29.8 Å². The van der Waals surface area contributed by atoms with Gasteiger partial charge in [0.15, 0.2) is 5.54 Å². The Balaban J connectivity index is 3.33. The van der Waals surface area contributed by atoms with E-state index in [-0.39, 0.29) is 11.7 Å². The van der Waals surface area contributed by atoms with Gasteiger partial charge in [-0.1, -0.05) is 19.1 Å². The molecule has 1 aromatic carbocycles. The van der Waals surface area contributed by atoms with Crippen LogP contribution in [0.3, 0.4) is 0 Å². The Morgan fingerprint density at radius 2 is 1.79 bits per heavy atom. The number of phenols is 1. The largest absolute Gasteiger partial charge is 0.508 e. The molecule has 0 spiro atoms. The number of hydrogen-bond donors (Lipinski definition) is 2. The molecular weight excluding hydrogens is 246 g/mol. The minimum absolute atomic E-state index is 0.0568. The summed E-state index contributed by atoms with van der Waals surface area (Å²) in [5, 5.41) is 18.8. The van der Waals surface area contributed by atoms with Gasteiger partial charge in [0.25, 0.3) is 0 Å². The van der Waals surface area contributed by atoms with Crippen molar-refractivity contribution in [1.29, 1.82) is 0 Å². The van der Waals surface area contributed by atoms with Gasteiger partial charge in [-0.15, -0.1) is 0 Å². The van der Waals surface area contributed by atoms with Crippen molar-refractivity contribution in [3.8, 4) is 5.75 Å². The van der Waals surface area contributed by atoms with Crippen LogP contribution in [-0.2, 0) is 15.1 Å². The molecule has 0 aliphatic rings. The number of carboxylic acids is 1. The molecule has 1 atom stereocenters. The first-order valence-corrected chi connectivity index (χ1v) is 6.15. The topological polar surface area (TPSA) is 77.8 Å². The van der Waals surface area contributed by atoms with E-state index >= 15 is 0 Å². The van der Waals surface area contributed by atoms with E-state index in [4.69, 9.17) is 0 Å². The monoisotopic (exact) mass is 265 g/mol. The lowest BCUT2D eigenvalue weighted by molar-refractivity contribution is -0.158. The van der Waals surface area contributed by atoms with E-state index in [1.54, 1.807) is 0 Å². The number of nitrogens with zero attached hydrogens (tertiary/aromatic N) is 1. The van der Waals surface area contributed by atoms with Gasteiger partial charge in [0.2, 0.25) is 5.91 Å². The van der Waals surface area contributed by atoms with Crippen LogP contribution in [-0.4, -0.2) is 33.5 Å². The number of aliphatic carboxylic acids is 1. The van der Waals surface area contributed by atoms with Crippen LogP contribution in [0.2, 0.25) is 0 Å². The van der Waals surface area contributed by atoms with Gasteiger partial charge in [-0.05, 0) is 31.0 Å². The summed E-state index contributed by atoms with van der Waals surface area (Å²) in [4.78, 5) is 24.7. The average Bonchev–Trinajstić information content (AvgIpc) is 2.35. The van der Waals surface area contributed by atoms with Crippen molar-refractivity contribution in [3.63, 3.8) is 0 Å². The quantitative estimate of drug-likeness (QED) is 0.853. The molecule has 0 bridgehead atoms. The van der Waals surface area contributed by atoms with Crippen molar-refractivity contribution < 1.29 is 19.8 Å². The molecule has 1 aromatic rings. The Hall–Kier alpha value is -2.04. The summed E-state index contributed by atoms with van der Waals surface area (Å²) in [5.41, 5.74) is -0.975. The number of amides is 1. The van der Waals surface area contributed by atoms with E-state index in [0.29, 0.717) is 18.5 Å². The highest BCUT2D eigenvalue weighted by Crippen LogP contribution is 2.30. The second-order valence-electron chi connectivity index (χ2n) is 4.59. The molecule has 5 heteroatoms. The van der Waals surface area contributed by atoms with Gasteiger partial charge in [-0.2, -0.15) is 0 Å². The normalized spacial score (nSPS) is 13.6. The maximum absolute atomic E-state index is 11.7. The number of carbonyl (C=O) groups is 2. The van der Waals surface area contributed by atoms with E-state index in [1.807, 2.05) is 6.92 Å². The molecule has 19 heavy (non-hydrogen) atoms. The third-order valence-electron chi connectivity index (χ3n) is 3.21. The number of hydrogen-bond acceptors (Lipinski definition) is 3. The molecule has 5 nitrogen and oxygen atoms in total. The number of phenolic OH excluding ortho intramolecular Hbond substituents is 1. The average molecular weight is 265 g/mol. The first kappa shape index (κ1) is 15.0.